The molecule has 67 heavy (non-hydrogen) atoms. The Morgan fingerprint density at radius 3 is 1.16 bits per heavy atom. The molecule has 0 heterocycles. The van der Waals surface area contributed by atoms with Crippen LogP contribution < -0.4 is 10.2 Å². The average Bonchev–Trinajstić information content (AvgIpc) is 3.29. The van der Waals surface area contributed by atoms with Crippen LogP contribution in [0.1, 0.15) is 290 Å². The summed E-state index contributed by atoms with van der Waals surface area (Å²) in [6.07, 6.45) is 62.5. The number of nitrogens with one attached hydrogen (secondary N) is 1. The van der Waals surface area contributed by atoms with Gasteiger partial charge in [-0.3, -0.25) is 9.36 Å². The molecule has 0 aromatic rings. The van der Waals surface area contributed by atoms with Gasteiger partial charge in [0.2, 0.25) is 5.91 Å². The van der Waals surface area contributed by atoms with Gasteiger partial charge in [0.05, 0.1) is 39.9 Å². The van der Waals surface area contributed by atoms with Gasteiger partial charge in [0.25, 0.3) is 7.82 Å². The summed E-state index contributed by atoms with van der Waals surface area (Å²) in [5.74, 6) is -0.193. The van der Waals surface area contributed by atoms with E-state index in [0.29, 0.717) is 17.4 Å². The highest BCUT2D eigenvalue weighted by Gasteiger charge is 2.23. The first-order chi connectivity index (χ1) is 32.5. The zero-order chi connectivity index (χ0) is 49.2. The summed E-state index contributed by atoms with van der Waals surface area (Å²) >= 11 is 0. The summed E-state index contributed by atoms with van der Waals surface area (Å²) in [5, 5.41) is 13.9. The van der Waals surface area contributed by atoms with Crippen molar-refractivity contribution in [1.82, 2.24) is 5.32 Å². The van der Waals surface area contributed by atoms with Crippen molar-refractivity contribution in [2.75, 3.05) is 40.9 Å². The van der Waals surface area contributed by atoms with Crippen LogP contribution in [0.15, 0.2) is 24.3 Å². The largest absolute Gasteiger partial charge is 0.756 e. The minimum Gasteiger partial charge on any atom is -0.756 e. The van der Waals surface area contributed by atoms with Crippen LogP contribution in [-0.4, -0.2) is 68.5 Å². The topological polar surface area (TPSA) is 108 Å². The molecular formula is C58H115N2O6P. The van der Waals surface area contributed by atoms with Gasteiger partial charge < -0.3 is 28.8 Å². The van der Waals surface area contributed by atoms with Crippen LogP contribution >= 0.6 is 7.82 Å². The number of rotatable bonds is 54. The van der Waals surface area contributed by atoms with Gasteiger partial charge in [-0.1, -0.05) is 263 Å². The van der Waals surface area contributed by atoms with E-state index in [1.807, 2.05) is 27.2 Å². The van der Waals surface area contributed by atoms with Gasteiger partial charge in [-0.25, -0.2) is 0 Å². The second kappa shape index (κ2) is 49.9. The average molecular weight is 968 g/mol. The van der Waals surface area contributed by atoms with Gasteiger partial charge in [0.15, 0.2) is 0 Å². The van der Waals surface area contributed by atoms with Crippen LogP contribution in [0.4, 0.5) is 0 Å². The van der Waals surface area contributed by atoms with E-state index in [9.17, 15) is 19.4 Å². The van der Waals surface area contributed by atoms with E-state index in [2.05, 4.69) is 31.3 Å². The lowest BCUT2D eigenvalue weighted by molar-refractivity contribution is -0.870. The van der Waals surface area contributed by atoms with Gasteiger partial charge in [0.1, 0.15) is 13.2 Å². The summed E-state index contributed by atoms with van der Waals surface area (Å²) in [7, 11) is 1.27. The number of likely N-dealkylation sites (N-methyl/N-ethyl adjacent to an activating group) is 1. The van der Waals surface area contributed by atoms with E-state index < -0.39 is 20.0 Å². The number of hydrogen-bond acceptors (Lipinski definition) is 6. The number of quaternary nitrogens is 1. The Labute approximate surface area is 417 Å². The van der Waals surface area contributed by atoms with Crippen LogP contribution in [-0.2, 0) is 18.4 Å². The number of carbonyl (C=O) groups excluding carboxylic acids is 1. The molecule has 0 aromatic carbocycles. The third-order valence-electron chi connectivity index (χ3n) is 13.4. The number of unbranched alkanes of at least 4 members (excludes halogenated alkanes) is 39. The summed E-state index contributed by atoms with van der Waals surface area (Å²) in [5.41, 5.74) is 0. The predicted molar refractivity (Wildman–Crippen MR) is 289 cm³/mol. The van der Waals surface area contributed by atoms with Crippen LogP contribution in [0.3, 0.4) is 0 Å². The van der Waals surface area contributed by atoms with Crippen molar-refractivity contribution in [3.8, 4) is 0 Å². The van der Waals surface area contributed by atoms with Crippen molar-refractivity contribution in [2.45, 2.75) is 302 Å². The normalized spacial score (nSPS) is 14.1. The number of amides is 1. The maximum atomic E-state index is 13.0. The van der Waals surface area contributed by atoms with Gasteiger partial charge in [0, 0.05) is 6.42 Å². The molecule has 0 aromatic heterocycles. The molecular weight excluding hydrogens is 852 g/mol. The van der Waals surface area contributed by atoms with Crippen LogP contribution in [0, 0.1) is 0 Å². The minimum absolute atomic E-state index is 0.00106. The Kier molecular flexibility index (Phi) is 49.2. The number of allylic oxidation sites excluding steroid dienone is 3. The molecule has 0 fully saturated rings. The Morgan fingerprint density at radius 2 is 0.821 bits per heavy atom. The molecule has 0 aliphatic rings. The number of aliphatic hydroxyl groups is 1. The first-order valence-electron chi connectivity index (χ1n) is 29.2. The van der Waals surface area contributed by atoms with Crippen molar-refractivity contribution in [3.05, 3.63) is 24.3 Å². The predicted octanol–water partition coefficient (Wildman–Crippen LogP) is 17.0. The molecule has 0 radical (unpaired) electrons. The number of phosphoric acid groups is 1. The Hall–Kier alpha value is -1.02. The first-order valence-corrected chi connectivity index (χ1v) is 30.7. The fourth-order valence-electron chi connectivity index (χ4n) is 8.80. The van der Waals surface area contributed by atoms with Crippen molar-refractivity contribution in [3.63, 3.8) is 0 Å². The molecule has 8 nitrogen and oxygen atoms in total. The molecule has 0 saturated carbocycles. The zero-order valence-electron chi connectivity index (χ0n) is 45.4. The summed E-state index contributed by atoms with van der Waals surface area (Å²) < 4.78 is 23.4. The van der Waals surface area contributed by atoms with E-state index in [4.69, 9.17) is 9.05 Å². The summed E-state index contributed by atoms with van der Waals surface area (Å²) in [6, 6.07) is -0.885. The molecule has 398 valence electrons. The summed E-state index contributed by atoms with van der Waals surface area (Å²) in [4.78, 5) is 25.5. The van der Waals surface area contributed by atoms with E-state index >= 15 is 0 Å². The Balaban J connectivity index is 4.18. The monoisotopic (exact) mass is 967 g/mol. The van der Waals surface area contributed by atoms with E-state index in [1.54, 1.807) is 6.08 Å². The number of hydrogen-bond donors (Lipinski definition) is 2. The maximum Gasteiger partial charge on any atom is 0.268 e. The van der Waals surface area contributed by atoms with Gasteiger partial charge >= 0.3 is 0 Å². The lowest BCUT2D eigenvalue weighted by Crippen LogP contribution is -2.45. The van der Waals surface area contributed by atoms with Crippen molar-refractivity contribution in [2.24, 2.45) is 0 Å². The van der Waals surface area contributed by atoms with E-state index in [1.165, 1.54) is 231 Å². The molecule has 0 aliphatic heterocycles. The molecule has 0 bridgehead atoms. The lowest BCUT2D eigenvalue weighted by atomic mass is 10.0. The minimum atomic E-state index is -4.59. The first kappa shape index (κ1) is 66.0. The molecule has 0 spiro atoms. The van der Waals surface area contributed by atoms with Gasteiger partial charge in [-0.15, -0.1) is 0 Å². The molecule has 1 amide bonds. The molecule has 3 unspecified atom stereocenters. The zero-order valence-corrected chi connectivity index (χ0v) is 46.3. The summed E-state index contributed by atoms with van der Waals surface area (Å²) in [6.45, 7) is 4.69. The quantitative estimate of drug-likeness (QED) is 0.0272. The molecule has 0 saturated heterocycles. The molecule has 3 atom stereocenters. The van der Waals surface area contributed by atoms with Crippen molar-refractivity contribution in [1.29, 1.82) is 0 Å². The van der Waals surface area contributed by atoms with Crippen molar-refractivity contribution < 1.29 is 32.9 Å². The van der Waals surface area contributed by atoms with E-state index in [-0.39, 0.29) is 19.1 Å². The lowest BCUT2D eigenvalue weighted by Gasteiger charge is -2.29. The SMILES string of the molecule is CCCCCCCCCC/C=C\CCCCCCCCCCCCCCCC(=O)NC(COP(=O)([O-])OCC[N+](C)(C)C)C(O)/C=C/CCCCCCCCCCCCCCCCCCCC. The van der Waals surface area contributed by atoms with Crippen LogP contribution in [0.25, 0.3) is 0 Å². The third-order valence-corrected chi connectivity index (χ3v) is 14.4. The third kappa shape index (κ3) is 52.6. The van der Waals surface area contributed by atoms with Crippen LogP contribution in [0.5, 0.6) is 0 Å². The molecule has 9 heteroatoms. The second-order valence-electron chi connectivity index (χ2n) is 21.4. The second-order valence-corrected chi connectivity index (χ2v) is 22.8. The molecule has 0 rings (SSSR count). The van der Waals surface area contributed by atoms with Crippen molar-refractivity contribution >= 4 is 13.7 Å². The smallest absolute Gasteiger partial charge is 0.268 e. The highest BCUT2D eigenvalue weighted by Crippen LogP contribution is 2.38. The number of carbonyl (C=O) groups is 1. The fourth-order valence-corrected chi connectivity index (χ4v) is 9.52. The standard InChI is InChI=1S/C58H115N2O6P/c1-6-8-10-12-14-16-18-20-22-24-26-28-29-30-31-32-34-36-38-40-42-44-46-48-50-52-58(62)59-56(55-66-67(63,64)65-54-53-60(3,4)5)57(61)51-49-47-45-43-41-39-37-35-33-27-25-23-21-19-17-15-13-11-9-7-2/h24,26,49,51,56-57,61H,6-23,25,27-48,50,52-55H2,1-5H3,(H-,59,62,63,64)/b26-24-,51-49+. The number of phosphoric ester groups is 1. The Bertz CT molecular complexity index is 1140. The van der Waals surface area contributed by atoms with E-state index in [0.717, 1.165) is 38.5 Å². The Morgan fingerprint density at radius 1 is 0.507 bits per heavy atom. The van der Waals surface area contributed by atoms with Crippen LogP contribution in [0.2, 0.25) is 0 Å². The fraction of sp³-hybridized carbons (Fsp3) is 0.914. The van der Waals surface area contributed by atoms with Gasteiger partial charge in [-0.2, -0.15) is 0 Å². The number of nitrogens with zero attached hydrogens (tertiary/aromatic N) is 1. The maximum absolute atomic E-state index is 13.0. The highest BCUT2D eigenvalue weighted by molar-refractivity contribution is 7.45. The molecule has 2 N–H and O–H groups in total. The highest BCUT2D eigenvalue weighted by atomic mass is 31.2. The van der Waals surface area contributed by atoms with Gasteiger partial charge in [-0.05, 0) is 44.9 Å². The molecule has 0 aliphatic carbocycles. The number of aliphatic hydroxyl groups excluding tert-OH is 1.